The third-order valence-electron chi connectivity index (χ3n) is 9.19. The van der Waals surface area contributed by atoms with Gasteiger partial charge in [-0.2, -0.15) is 0 Å². The average molecular weight is 612 g/mol. The first kappa shape index (κ1) is 40.2. The molecule has 2 atom stereocenters. The van der Waals surface area contributed by atoms with E-state index in [1.807, 2.05) is 13.0 Å². The smallest absolute Gasteiger partial charge is 0.0258 e. The molecule has 0 aliphatic heterocycles. The SMILES string of the molecule is C=C(NC(CCC)CCC)C1(C)Cc2ccc(C)cc2C1.C=C/C=C\C(=C/C)CC.CCCC(C)CCCc1ccc(C)cc1. The van der Waals surface area contributed by atoms with Gasteiger partial charge in [0.25, 0.3) is 0 Å². The predicted octanol–water partition coefficient (Wildman–Crippen LogP) is 13.0. The minimum absolute atomic E-state index is 0.176. The van der Waals surface area contributed by atoms with Crippen molar-refractivity contribution in [3.63, 3.8) is 0 Å². The lowest BCUT2D eigenvalue weighted by atomic mass is 9.83. The Morgan fingerprint density at radius 3 is 2.02 bits per heavy atom. The zero-order valence-corrected chi connectivity index (χ0v) is 30.9. The molecule has 1 nitrogen and oxygen atoms in total. The zero-order chi connectivity index (χ0) is 33.7. The van der Waals surface area contributed by atoms with E-state index in [2.05, 4.69) is 128 Å². The summed E-state index contributed by atoms with van der Waals surface area (Å²) in [7, 11) is 0. The lowest BCUT2D eigenvalue weighted by Crippen LogP contribution is -2.36. The maximum absolute atomic E-state index is 4.41. The van der Waals surface area contributed by atoms with Gasteiger partial charge in [-0.05, 0) is 88.3 Å². The third-order valence-corrected chi connectivity index (χ3v) is 9.19. The Morgan fingerprint density at radius 2 is 1.47 bits per heavy atom. The van der Waals surface area contributed by atoms with Crippen LogP contribution < -0.4 is 5.32 Å². The Hall–Kier alpha value is -2.80. The fourth-order valence-corrected chi connectivity index (χ4v) is 6.27. The lowest BCUT2D eigenvalue weighted by Gasteiger charge is -2.31. The van der Waals surface area contributed by atoms with E-state index >= 15 is 0 Å². The summed E-state index contributed by atoms with van der Waals surface area (Å²) in [6.45, 7) is 28.1. The van der Waals surface area contributed by atoms with Crippen molar-refractivity contribution in [2.45, 2.75) is 145 Å². The van der Waals surface area contributed by atoms with Gasteiger partial charge in [0.15, 0.2) is 0 Å². The van der Waals surface area contributed by atoms with Crippen molar-refractivity contribution in [2.24, 2.45) is 11.3 Å². The number of aryl methyl sites for hydroxylation is 3. The van der Waals surface area contributed by atoms with Crippen molar-refractivity contribution in [1.82, 2.24) is 5.32 Å². The second-order valence-corrected chi connectivity index (χ2v) is 13.7. The molecular formula is C44H69N. The van der Waals surface area contributed by atoms with E-state index in [9.17, 15) is 0 Å². The fourth-order valence-electron chi connectivity index (χ4n) is 6.27. The van der Waals surface area contributed by atoms with Crippen molar-refractivity contribution >= 4 is 0 Å². The van der Waals surface area contributed by atoms with Crippen molar-refractivity contribution in [3.8, 4) is 0 Å². The van der Waals surface area contributed by atoms with Crippen molar-refractivity contribution in [2.75, 3.05) is 0 Å². The number of allylic oxidation sites excluding steroid dienone is 6. The molecule has 45 heavy (non-hydrogen) atoms. The number of benzene rings is 2. The standard InChI is InChI=1S/C20H31N.C15H24.C9H14/c1-6-8-19(9-7-2)21-16(4)20(5)13-17-11-10-15(3)12-18(17)14-20;1-4-6-13(2)7-5-8-15-11-9-14(3)10-12-15;1-4-7-8-9(5-2)6-3/h10-12,19,21H,4,6-9,13-14H2,1-3,5H3;9-13H,4-8H2,1-3H3;4-5,7-8H,1,6H2,2-3H3/b;;8-7-,9-5-. The molecule has 0 radical (unpaired) electrons. The minimum Gasteiger partial charge on any atom is -0.386 e. The van der Waals surface area contributed by atoms with Crippen molar-refractivity contribution < 1.29 is 0 Å². The van der Waals surface area contributed by atoms with Gasteiger partial charge in [0.1, 0.15) is 0 Å². The van der Waals surface area contributed by atoms with Gasteiger partial charge in [0, 0.05) is 17.2 Å². The fraction of sp³-hybridized carbons (Fsp3) is 0.545. The molecule has 0 heterocycles. The molecular weight excluding hydrogens is 542 g/mol. The molecule has 0 fully saturated rings. The number of hydrogen-bond acceptors (Lipinski definition) is 1. The predicted molar refractivity (Wildman–Crippen MR) is 204 cm³/mol. The van der Waals surface area contributed by atoms with Gasteiger partial charge in [-0.15, -0.1) is 0 Å². The summed E-state index contributed by atoms with van der Waals surface area (Å²) in [5.41, 5.74) is 10.0. The van der Waals surface area contributed by atoms with Gasteiger partial charge in [-0.25, -0.2) is 0 Å². The molecule has 2 aromatic rings. The van der Waals surface area contributed by atoms with Crippen LogP contribution >= 0.6 is 0 Å². The van der Waals surface area contributed by atoms with E-state index in [-0.39, 0.29) is 5.41 Å². The number of hydrogen-bond donors (Lipinski definition) is 1. The Labute approximate surface area is 280 Å². The molecule has 250 valence electrons. The molecule has 0 bridgehead atoms. The quantitative estimate of drug-likeness (QED) is 0.186. The molecule has 0 saturated heterocycles. The zero-order valence-electron chi connectivity index (χ0n) is 30.9. The summed E-state index contributed by atoms with van der Waals surface area (Å²) in [4.78, 5) is 0. The minimum atomic E-state index is 0.176. The highest BCUT2D eigenvalue weighted by atomic mass is 14.9. The highest BCUT2D eigenvalue weighted by Crippen LogP contribution is 2.41. The number of fused-ring (bicyclic) bond motifs is 1. The summed E-state index contributed by atoms with van der Waals surface area (Å²) in [5.74, 6) is 0.903. The molecule has 0 spiro atoms. The van der Waals surface area contributed by atoms with Crippen LogP contribution in [0.3, 0.4) is 0 Å². The van der Waals surface area contributed by atoms with Gasteiger partial charge in [0.2, 0.25) is 0 Å². The molecule has 3 rings (SSSR count). The molecule has 0 aromatic heterocycles. The number of nitrogens with one attached hydrogen (secondary N) is 1. The second-order valence-electron chi connectivity index (χ2n) is 13.7. The normalized spacial score (nSPS) is 16.4. The monoisotopic (exact) mass is 612 g/mol. The molecule has 2 unspecified atom stereocenters. The van der Waals surface area contributed by atoms with Crippen LogP contribution in [0.2, 0.25) is 0 Å². The van der Waals surface area contributed by atoms with Gasteiger partial charge >= 0.3 is 0 Å². The summed E-state index contributed by atoms with van der Waals surface area (Å²) in [6, 6.07) is 16.4. The average Bonchev–Trinajstić information content (AvgIpc) is 3.36. The third kappa shape index (κ3) is 15.9. The molecule has 1 N–H and O–H groups in total. The first-order valence-corrected chi connectivity index (χ1v) is 18.1. The summed E-state index contributed by atoms with van der Waals surface area (Å²) < 4.78 is 0. The highest BCUT2D eigenvalue weighted by molar-refractivity contribution is 5.40. The Bertz CT molecular complexity index is 1160. The van der Waals surface area contributed by atoms with Crippen LogP contribution in [0, 0.1) is 25.2 Å². The number of rotatable bonds is 16. The first-order chi connectivity index (χ1) is 21.5. The van der Waals surface area contributed by atoms with Crippen molar-refractivity contribution in [1.29, 1.82) is 0 Å². The van der Waals surface area contributed by atoms with Gasteiger partial charge in [-0.3, -0.25) is 0 Å². The Morgan fingerprint density at radius 1 is 0.867 bits per heavy atom. The van der Waals surface area contributed by atoms with Crippen LogP contribution in [-0.4, -0.2) is 6.04 Å². The molecule has 0 saturated carbocycles. The van der Waals surface area contributed by atoms with E-state index in [0.29, 0.717) is 6.04 Å². The van der Waals surface area contributed by atoms with Gasteiger partial charge in [0.05, 0.1) is 0 Å². The molecule has 1 aliphatic carbocycles. The molecule has 1 heteroatoms. The molecule has 1 aliphatic rings. The molecule has 2 aromatic carbocycles. The first-order valence-electron chi connectivity index (χ1n) is 18.1. The van der Waals surface area contributed by atoms with Gasteiger partial charge < -0.3 is 5.32 Å². The van der Waals surface area contributed by atoms with Gasteiger partial charge in [-0.1, -0.05) is 170 Å². The van der Waals surface area contributed by atoms with E-state index < -0.39 is 0 Å². The topological polar surface area (TPSA) is 12.0 Å². The largest absolute Gasteiger partial charge is 0.386 e. The second kappa shape index (κ2) is 22.7. The highest BCUT2D eigenvalue weighted by Gasteiger charge is 2.36. The van der Waals surface area contributed by atoms with Crippen LogP contribution in [0.1, 0.15) is 134 Å². The van der Waals surface area contributed by atoms with Crippen molar-refractivity contribution in [3.05, 3.63) is 119 Å². The van der Waals surface area contributed by atoms with Crippen LogP contribution in [0.15, 0.2) is 91.2 Å². The van der Waals surface area contributed by atoms with E-state index in [1.165, 1.54) is 96.9 Å². The lowest BCUT2D eigenvalue weighted by molar-refractivity contribution is 0.360. The maximum atomic E-state index is 4.41. The van der Waals surface area contributed by atoms with Crippen LogP contribution in [0.4, 0.5) is 0 Å². The maximum Gasteiger partial charge on any atom is 0.0258 e. The summed E-state index contributed by atoms with van der Waals surface area (Å²) >= 11 is 0. The van der Waals surface area contributed by atoms with E-state index in [0.717, 1.165) is 25.2 Å². The van der Waals surface area contributed by atoms with Crippen LogP contribution in [0.25, 0.3) is 0 Å². The Kier molecular flexibility index (Phi) is 20.3. The van der Waals surface area contributed by atoms with E-state index in [4.69, 9.17) is 0 Å². The summed E-state index contributed by atoms with van der Waals surface area (Å²) in [6.07, 6.45) is 22.9. The van der Waals surface area contributed by atoms with Crippen LogP contribution in [-0.2, 0) is 19.3 Å². The van der Waals surface area contributed by atoms with Crippen LogP contribution in [0.5, 0.6) is 0 Å². The Balaban J connectivity index is 0.000000369. The molecule has 0 amide bonds. The van der Waals surface area contributed by atoms with E-state index in [1.54, 1.807) is 6.08 Å². The summed E-state index contributed by atoms with van der Waals surface area (Å²) in [5, 5.41) is 3.76.